The van der Waals surface area contributed by atoms with Crippen molar-refractivity contribution in [2.24, 2.45) is 0 Å². The van der Waals surface area contributed by atoms with Gasteiger partial charge in [0, 0.05) is 88.0 Å². The van der Waals surface area contributed by atoms with Crippen LogP contribution >= 0.6 is 0 Å². The fraction of sp³-hybridized carbons (Fsp3) is 0. The minimum Gasteiger partial charge on any atom is -0.310 e. The van der Waals surface area contributed by atoms with Gasteiger partial charge in [0.1, 0.15) is 0 Å². The minimum atomic E-state index is 0.481. The summed E-state index contributed by atoms with van der Waals surface area (Å²) >= 11 is 0. The van der Waals surface area contributed by atoms with Gasteiger partial charge in [-0.3, -0.25) is 0 Å². The van der Waals surface area contributed by atoms with Crippen LogP contribution in [0.1, 0.15) is 0 Å². The maximum absolute atomic E-state index is 9.26. The van der Waals surface area contributed by atoms with Crippen LogP contribution in [0.25, 0.3) is 160 Å². The molecule has 0 saturated carbocycles. The molecule has 0 aliphatic rings. The van der Waals surface area contributed by atoms with Crippen LogP contribution in [0, 0.1) is 6.57 Å². The van der Waals surface area contributed by atoms with Crippen molar-refractivity contribution < 1.29 is 0 Å². The molecular weight excluding hydrogens is 1020 g/mol. The Labute approximate surface area is 482 Å². The second-order valence-corrected chi connectivity index (χ2v) is 21.3. The Bertz CT molecular complexity index is 5490. The van der Waals surface area contributed by atoms with Crippen molar-refractivity contribution >= 4 is 92.9 Å². The van der Waals surface area contributed by atoms with Crippen molar-refractivity contribution in [3.05, 3.63) is 290 Å². The lowest BCUT2D eigenvalue weighted by molar-refractivity contribution is 1.07. The zero-order valence-electron chi connectivity index (χ0n) is 45.1. The number of hydrogen-bond donors (Lipinski definition) is 0. The fourth-order valence-electron chi connectivity index (χ4n) is 13.4. The molecule has 0 unspecified atom stereocenters. The van der Waals surface area contributed by atoms with Crippen LogP contribution in [0.4, 0.5) is 5.69 Å². The van der Waals surface area contributed by atoms with E-state index in [0.717, 1.165) is 122 Å². The first-order valence-electron chi connectivity index (χ1n) is 28.2. The molecule has 390 valence electrons. The molecule has 0 amide bonds. The van der Waals surface area contributed by atoms with E-state index in [1.807, 2.05) is 72.8 Å². The molecule has 5 heterocycles. The summed E-state index contributed by atoms with van der Waals surface area (Å²) in [7, 11) is 0. The summed E-state index contributed by atoms with van der Waals surface area (Å²) < 4.78 is 9.63. The molecule has 0 fully saturated rings. The van der Waals surface area contributed by atoms with Crippen LogP contribution in [0.5, 0.6) is 0 Å². The first-order valence-corrected chi connectivity index (χ1v) is 28.2. The van der Waals surface area contributed by atoms with E-state index in [0.29, 0.717) is 23.2 Å². The van der Waals surface area contributed by atoms with Crippen molar-refractivity contribution in [3.8, 4) is 68.0 Å². The molecule has 0 bridgehead atoms. The smallest absolute Gasteiger partial charge is 0.197 e. The molecule has 84 heavy (non-hydrogen) atoms. The molecule has 8 heteroatoms. The van der Waals surface area contributed by atoms with Crippen molar-refractivity contribution in [2.75, 3.05) is 0 Å². The Morgan fingerprint density at radius 2 is 0.655 bits per heavy atom. The first-order chi connectivity index (χ1) is 41.7. The summed E-state index contributed by atoms with van der Waals surface area (Å²) in [6, 6.07) is 98.2. The van der Waals surface area contributed by atoms with Gasteiger partial charge in [0.05, 0.1) is 56.4 Å². The average Bonchev–Trinajstić information content (AvgIpc) is 2.36. The average molecular weight is 1070 g/mol. The summed E-state index contributed by atoms with van der Waals surface area (Å²) in [4.78, 5) is 20.6. The lowest BCUT2D eigenvalue weighted by atomic mass is 9.93. The predicted molar refractivity (Wildman–Crippen MR) is 345 cm³/mol. The molecule has 0 N–H and O–H groups in total. The predicted octanol–water partition coefficient (Wildman–Crippen LogP) is 19.5. The second-order valence-electron chi connectivity index (χ2n) is 21.3. The number of hydrogen-bond acceptors (Lipinski definition) is 3. The largest absolute Gasteiger partial charge is 0.310 e. The number of nitrogens with zero attached hydrogens (tertiary/aromatic N) is 8. The van der Waals surface area contributed by atoms with E-state index < -0.39 is 0 Å². The van der Waals surface area contributed by atoms with E-state index >= 15 is 0 Å². The molecule has 0 saturated heterocycles. The van der Waals surface area contributed by atoms with Crippen LogP contribution < -0.4 is 0 Å². The molecule has 17 aromatic rings. The number of para-hydroxylation sites is 6. The highest BCUT2D eigenvalue weighted by atomic mass is 15.1. The molecule has 0 aliphatic carbocycles. The lowest BCUT2D eigenvalue weighted by Crippen LogP contribution is -2.06. The van der Waals surface area contributed by atoms with E-state index in [4.69, 9.17) is 15.0 Å². The van der Waals surface area contributed by atoms with Gasteiger partial charge in [0.2, 0.25) is 0 Å². The molecular formula is C76H46N8. The lowest BCUT2D eigenvalue weighted by Gasteiger charge is -2.22. The van der Waals surface area contributed by atoms with Gasteiger partial charge in [-0.05, 0) is 72.8 Å². The quantitative estimate of drug-likeness (QED) is 0.142. The van der Waals surface area contributed by atoms with Crippen molar-refractivity contribution in [1.29, 1.82) is 0 Å². The van der Waals surface area contributed by atoms with E-state index in [-0.39, 0.29) is 0 Å². The van der Waals surface area contributed by atoms with Crippen molar-refractivity contribution in [2.45, 2.75) is 0 Å². The Hall–Kier alpha value is -11.7. The molecule has 12 aromatic carbocycles. The highest BCUT2D eigenvalue weighted by Crippen LogP contribution is 2.51. The number of benzene rings is 12. The second kappa shape index (κ2) is 18.7. The minimum absolute atomic E-state index is 0.481. The van der Waals surface area contributed by atoms with Crippen molar-refractivity contribution in [1.82, 2.24) is 33.2 Å². The van der Waals surface area contributed by atoms with Gasteiger partial charge in [0.25, 0.3) is 0 Å². The standard InChI is InChI=1S/C76H46N8/c1-77-59-37-23-43-65(84-63-41-21-17-35-57(63)70-67(84)47-45-55-53-33-15-19-39-61(53)82(73(55)70)51-30-12-5-13-31-51)71(59)68-58(76-79-74(48-24-6-2-7-25-48)78-75(80-76)49-26-8-3-9-27-49)36-22-42-64(68)83-62-40-20-16-34-56(62)69-66(83)46-44-54-52-32-14-18-38-60(52)81(72(54)69)50-28-10-4-11-29-50/h2-47H. The summed E-state index contributed by atoms with van der Waals surface area (Å²) in [5, 5.41) is 9.13. The highest BCUT2D eigenvalue weighted by molar-refractivity contribution is 6.28. The maximum atomic E-state index is 9.26. The van der Waals surface area contributed by atoms with Crippen LogP contribution in [-0.4, -0.2) is 33.2 Å². The van der Waals surface area contributed by atoms with Gasteiger partial charge < -0.3 is 18.3 Å². The van der Waals surface area contributed by atoms with Gasteiger partial charge in [-0.15, -0.1) is 0 Å². The van der Waals surface area contributed by atoms with E-state index in [9.17, 15) is 6.57 Å². The number of rotatable bonds is 8. The number of fused-ring (bicyclic) bond motifs is 14. The van der Waals surface area contributed by atoms with Gasteiger partial charge >= 0.3 is 0 Å². The topological polar surface area (TPSA) is 62.8 Å². The van der Waals surface area contributed by atoms with Crippen LogP contribution in [0.15, 0.2) is 279 Å². The molecule has 0 radical (unpaired) electrons. The molecule has 17 rings (SSSR count). The van der Waals surface area contributed by atoms with Crippen LogP contribution in [0.3, 0.4) is 0 Å². The molecule has 0 aliphatic heterocycles. The number of aromatic nitrogens is 7. The highest BCUT2D eigenvalue weighted by Gasteiger charge is 2.29. The molecule has 5 aromatic heterocycles. The maximum Gasteiger partial charge on any atom is 0.197 e. The third-order valence-electron chi connectivity index (χ3n) is 16.8. The Kier molecular flexibility index (Phi) is 10.5. The Balaban J connectivity index is 1.04. The molecule has 0 spiro atoms. The monoisotopic (exact) mass is 1070 g/mol. The van der Waals surface area contributed by atoms with E-state index in [1.165, 1.54) is 16.2 Å². The first kappa shape index (κ1) is 47.2. The third-order valence-corrected chi connectivity index (χ3v) is 16.8. The van der Waals surface area contributed by atoms with Crippen molar-refractivity contribution in [3.63, 3.8) is 0 Å². The normalized spacial score (nSPS) is 11.8. The Morgan fingerprint density at radius 1 is 0.274 bits per heavy atom. The van der Waals surface area contributed by atoms with Crippen LogP contribution in [0.2, 0.25) is 0 Å². The summed E-state index contributed by atoms with van der Waals surface area (Å²) in [5.41, 5.74) is 17.0. The summed E-state index contributed by atoms with van der Waals surface area (Å²) in [5.74, 6) is 1.57. The van der Waals surface area contributed by atoms with E-state index in [1.54, 1.807) is 0 Å². The zero-order chi connectivity index (χ0) is 55.4. The summed E-state index contributed by atoms with van der Waals surface area (Å²) in [6.07, 6.45) is 0. The van der Waals surface area contributed by atoms with Gasteiger partial charge in [-0.2, -0.15) is 0 Å². The molecule has 8 nitrogen and oxygen atoms in total. The van der Waals surface area contributed by atoms with Crippen LogP contribution in [-0.2, 0) is 0 Å². The van der Waals surface area contributed by atoms with Gasteiger partial charge in [-0.1, -0.05) is 206 Å². The fourth-order valence-corrected chi connectivity index (χ4v) is 13.4. The van der Waals surface area contributed by atoms with Gasteiger partial charge in [0.15, 0.2) is 23.2 Å². The Morgan fingerprint density at radius 3 is 1.12 bits per heavy atom. The SMILES string of the molecule is [C-]#[N+]c1cccc(-n2c3ccccc3c3c2ccc2c4ccccc4n(-c4ccccc4)c23)c1-c1c(-c2nc(-c3ccccc3)nc(-c3ccccc3)n2)cccc1-n1c2ccccc2c2c1ccc1c3ccccc3n(-c3ccccc3)c12. The molecule has 0 atom stereocenters. The zero-order valence-corrected chi connectivity index (χ0v) is 45.1. The summed E-state index contributed by atoms with van der Waals surface area (Å²) in [6.45, 7) is 9.26. The van der Waals surface area contributed by atoms with E-state index in [2.05, 4.69) is 229 Å². The third kappa shape index (κ3) is 6.97. The van der Waals surface area contributed by atoms with Gasteiger partial charge in [-0.25, -0.2) is 19.8 Å².